The number of benzene rings is 1. The second-order valence-electron chi connectivity index (χ2n) is 6.71. The Morgan fingerprint density at radius 3 is 2.79 bits per heavy atom. The normalized spacial score (nSPS) is 17.3. The van der Waals surface area contributed by atoms with Crippen molar-refractivity contribution in [2.75, 3.05) is 19.7 Å². The van der Waals surface area contributed by atoms with Gasteiger partial charge in [-0.3, -0.25) is 4.90 Å². The molecule has 1 aliphatic carbocycles. The maximum atomic E-state index is 8.81. The quantitative estimate of drug-likeness (QED) is 0.849. The fourth-order valence-corrected chi connectivity index (χ4v) is 3.42. The highest BCUT2D eigenvalue weighted by Crippen LogP contribution is 2.40. The zero-order valence-electron chi connectivity index (χ0n) is 14.0. The van der Waals surface area contributed by atoms with Crippen LogP contribution >= 0.6 is 0 Å². The molecule has 5 nitrogen and oxygen atoms in total. The molecule has 1 aromatic carbocycles. The Kier molecular flexibility index (Phi) is 3.99. The van der Waals surface area contributed by atoms with E-state index in [-0.39, 0.29) is 0 Å². The van der Waals surface area contributed by atoms with Crippen LogP contribution in [-0.2, 0) is 20.0 Å². The first kappa shape index (κ1) is 15.2. The van der Waals surface area contributed by atoms with Gasteiger partial charge in [0.2, 0.25) is 0 Å². The van der Waals surface area contributed by atoms with Crippen LogP contribution in [0.4, 0.5) is 0 Å². The number of rotatable bonds is 5. The predicted molar refractivity (Wildman–Crippen MR) is 90.8 cm³/mol. The fraction of sp³-hybridized carbons (Fsp3) is 0.474. The molecule has 0 bridgehead atoms. The Morgan fingerprint density at radius 2 is 2.08 bits per heavy atom. The Hall–Kier alpha value is -2.32. The van der Waals surface area contributed by atoms with Gasteiger partial charge in [0, 0.05) is 44.7 Å². The van der Waals surface area contributed by atoms with Crippen LogP contribution in [0.15, 0.2) is 24.3 Å². The van der Waals surface area contributed by atoms with Gasteiger partial charge in [0.15, 0.2) is 0 Å². The van der Waals surface area contributed by atoms with Crippen LogP contribution in [0.1, 0.15) is 41.5 Å². The Bertz CT molecular complexity index is 768. The molecule has 2 aromatic rings. The third kappa shape index (κ3) is 3.02. The van der Waals surface area contributed by atoms with Gasteiger partial charge in [0.05, 0.1) is 17.3 Å². The molecule has 2 heterocycles. The van der Waals surface area contributed by atoms with Crippen LogP contribution in [0.5, 0.6) is 5.75 Å². The maximum absolute atomic E-state index is 8.81. The molecule has 0 saturated heterocycles. The minimum atomic E-state index is 0.656. The van der Waals surface area contributed by atoms with E-state index >= 15 is 0 Å². The average molecular weight is 322 g/mol. The van der Waals surface area contributed by atoms with E-state index in [1.807, 2.05) is 12.1 Å². The highest BCUT2D eigenvalue weighted by Gasteiger charge is 2.31. The molecule has 0 amide bonds. The molecule has 0 unspecified atom stereocenters. The minimum Gasteiger partial charge on any atom is -0.492 e. The number of nitriles is 1. The summed E-state index contributed by atoms with van der Waals surface area (Å²) in [6.45, 7) is 3.54. The Morgan fingerprint density at radius 1 is 1.29 bits per heavy atom. The molecule has 1 saturated carbocycles. The van der Waals surface area contributed by atoms with Crippen LogP contribution < -0.4 is 4.74 Å². The van der Waals surface area contributed by atoms with Gasteiger partial charge < -0.3 is 9.30 Å². The molecular weight excluding hydrogens is 300 g/mol. The zero-order chi connectivity index (χ0) is 16.5. The monoisotopic (exact) mass is 322 g/mol. The van der Waals surface area contributed by atoms with Gasteiger partial charge in [-0.2, -0.15) is 5.26 Å². The van der Waals surface area contributed by atoms with E-state index < -0.39 is 0 Å². The van der Waals surface area contributed by atoms with E-state index in [1.165, 1.54) is 30.1 Å². The number of hydrogen-bond acceptors (Lipinski definition) is 4. The van der Waals surface area contributed by atoms with Gasteiger partial charge in [-0.05, 0) is 37.1 Å². The first-order valence-corrected chi connectivity index (χ1v) is 8.64. The standard InChI is InChI=1S/C19H22N4O/c1-22-18-8-9-23(13-17(18)21-19(22)15-4-5-15)10-11-24-16-6-2-14(12-20)3-7-16/h2-3,6-7,15H,4-5,8-11,13H2,1H3. The summed E-state index contributed by atoms with van der Waals surface area (Å²) in [6.07, 6.45) is 3.67. The summed E-state index contributed by atoms with van der Waals surface area (Å²) in [6, 6.07) is 9.40. The molecule has 124 valence electrons. The van der Waals surface area contributed by atoms with E-state index in [9.17, 15) is 0 Å². The van der Waals surface area contributed by atoms with E-state index in [0.717, 1.165) is 31.8 Å². The van der Waals surface area contributed by atoms with Crippen LogP contribution in [-0.4, -0.2) is 34.1 Å². The summed E-state index contributed by atoms with van der Waals surface area (Å²) in [7, 11) is 2.17. The number of hydrogen-bond donors (Lipinski definition) is 0. The molecule has 5 heteroatoms. The summed E-state index contributed by atoms with van der Waals surface area (Å²) in [5.41, 5.74) is 3.33. The lowest BCUT2D eigenvalue weighted by molar-refractivity contribution is 0.193. The molecule has 0 radical (unpaired) electrons. The van der Waals surface area contributed by atoms with Crippen LogP contribution in [0.2, 0.25) is 0 Å². The van der Waals surface area contributed by atoms with Gasteiger partial charge in [0.1, 0.15) is 18.2 Å². The first-order chi connectivity index (χ1) is 11.7. The average Bonchev–Trinajstić information content (AvgIpc) is 3.40. The second-order valence-corrected chi connectivity index (χ2v) is 6.71. The van der Waals surface area contributed by atoms with Crippen molar-refractivity contribution in [2.45, 2.75) is 31.7 Å². The largest absolute Gasteiger partial charge is 0.492 e. The van der Waals surface area contributed by atoms with Gasteiger partial charge in [-0.15, -0.1) is 0 Å². The molecule has 0 N–H and O–H groups in total. The smallest absolute Gasteiger partial charge is 0.119 e. The third-order valence-electron chi connectivity index (χ3n) is 4.97. The van der Waals surface area contributed by atoms with Crippen molar-refractivity contribution in [3.8, 4) is 11.8 Å². The second kappa shape index (κ2) is 6.29. The number of imidazole rings is 1. The molecule has 0 spiro atoms. The molecule has 1 aromatic heterocycles. The van der Waals surface area contributed by atoms with Crippen molar-refractivity contribution >= 4 is 0 Å². The molecule has 1 fully saturated rings. The molecular formula is C19H22N4O. The molecule has 0 atom stereocenters. The van der Waals surface area contributed by atoms with E-state index in [2.05, 4.69) is 22.6 Å². The summed E-state index contributed by atoms with van der Waals surface area (Å²) in [5.74, 6) is 2.81. The number of fused-ring (bicyclic) bond motifs is 1. The summed E-state index contributed by atoms with van der Waals surface area (Å²) >= 11 is 0. The van der Waals surface area contributed by atoms with Gasteiger partial charge >= 0.3 is 0 Å². The maximum Gasteiger partial charge on any atom is 0.119 e. The first-order valence-electron chi connectivity index (χ1n) is 8.64. The molecule has 2 aliphatic rings. The van der Waals surface area contributed by atoms with Gasteiger partial charge in [-0.25, -0.2) is 4.98 Å². The number of aromatic nitrogens is 2. The Labute approximate surface area is 142 Å². The van der Waals surface area contributed by atoms with E-state index in [1.54, 1.807) is 12.1 Å². The summed E-state index contributed by atoms with van der Waals surface area (Å²) in [5, 5.41) is 8.81. The lowest BCUT2D eigenvalue weighted by Gasteiger charge is -2.26. The number of nitrogens with zero attached hydrogens (tertiary/aromatic N) is 4. The van der Waals surface area contributed by atoms with Crippen molar-refractivity contribution in [3.05, 3.63) is 47.0 Å². The lowest BCUT2D eigenvalue weighted by Crippen LogP contribution is -2.34. The predicted octanol–water partition coefficient (Wildman–Crippen LogP) is 2.61. The van der Waals surface area contributed by atoms with Gasteiger partial charge in [0.25, 0.3) is 0 Å². The fourth-order valence-electron chi connectivity index (χ4n) is 3.42. The zero-order valence-corrected chi connectivity index (χ0v) is 14.0. The lowest BCUT2D eigenvalue weighted by atomic mass is 10.1. The van der Waals surface area contributed by atoms with Crippen molar-refractivity contribution in [2.24, 2.45) is 7.05 Å². The van der Waals surface area contributed by atoms with Crippen LogP contribution in [0, 0.1) is 11.3 Å². The topological polar surface area (TPSA) is 54.1 Å². The van der Waals surface area contributed by atoms with E-state index in [0.29, 0.717) is 18.1 Å². The molecule has 4 rings (SSSR count). The van der Waals surface area contributed by atoms with Crippen molar-refractivity contribution in [1.82, 2.24) is 14.5 Å². The summed E-state index contributed by atoms with van der Waals surface area (Å²) in [4.78, 5) is 7.31. The van der Waals surface area contributed by atoms with Crippen molar-refractivity contribution in [3.63, 3.8) is 0 Å². The van der Waals surface area contributed by atoms with Crippen molar-refractivity contribution in [1.29, 1.82) is 5.26 Å². The highest BCUT2D eigenvalue weighted by atomic mass is 16.5. The Balaban J connectivity index is 1.32. The van der Waals surface area contributed by atoms with Crippen LogP contribution in [0.25, 0.3) is 0 Å². The SMILES string of the molecule is Cn1c(C2CC2)nc2c1CCN(CCOc1ccc(C#N)cc1)C2. The molecule has 24 heavy (non-hydrogen) atoms. The highest BCUT2D eigenvalue weighted by molar-refractivity contribution is 5.34. The summed E-state index contributed by atoms with van der Waals surface area (Å²) < 4.78 is 8.13. The van der Waals surface area contributed by atoms with Crippen LogP contribution in [0.3, 0.4) is 0 Å². The van der Waals surface area contributed by atoms with Crippen molar-refractivity contribution < 1.29 is 4.74 Å². The van der Waals surface area contributed by atoms with Gasteiger partial charge in [-0.1, -0.05) is 0 Å². The minimum absolute atomic E-state index is 0.656. The van der Waals surface area contributed by atoms with E-state index in [4.69, 9.17) is 15.0 Å². The third-order valence-corrected chi connectivity index (χ3v) is 4.97. The number of ether oxygens (including phenoxy) is 1. The molecule has 1 aliphatic heterocycles.